The lowest BCUT2D eigenvalue weighted by Gasteiger charge is -2.20. The van der Waals surface area contributed by atoms with Gasteiger partial charge in [-0.1, -0.05) is 6.42 Å². The molecule has 0 aromatic carbocycles. The molecule has 1 fully saturated rings. The average Bonchev–Trinajstić information content (AvgIpc) is 1.88. The third kappa shape index (κ3) is 2.38. The summed E-state index contributed by atoms with van der Waals surface area (Å²) in [5, 5.41) is 0. The molecule has 0 saturated heterocycles. The quantitative estimate of drug-likeness (QED) is 0.519. The highest BCUT2D eigenvalue weighted by atomic mass is 16.5. The van der Waals surface area contributed by atoms with Crippen LogP contribution in [0, 0.1) is 6.92 Å². The lowest BCUT2D eigenvalue weighted by molar-refractivity contribution is -0.144. The van der Waals surface area contributed by atoms with Crippen LogP contribution in [0.1, 0.15) is 32.1 Å². The van der Waals surface area contributed by atoms with Crippen molar-refractivity contribution in [3.63, 3.8) is 0 Å². The van der Waals surface area contributed by atoms with Gasteiger partial charge in [0.25, 0.3) is 0 Å². The van der Waals surface area contributed by atoms with E-state index in [0.29, 0.717) is 0 Å². The molecule has 0 amide bonds. The van der Waals surface area contributed by atoms with Gasteiger partial charge in [-0.3, -0.25) is 4.79 Å². The van der Waals surface area contributed by atoms with Crippen LogP contribution in [0.4, 0.5) is 0 Å². The van der Waals surface area contributed by atoms with Crippen LogP contribution in [0.3, 0.4) is 0 Å². The van der Waals surface area contributed by atoms with Crippen LogP contribution >= 0.6 is 0 Å². The second kappa shape index (κ2) is 3.59. The van der Waals surface area contributed by atoms with Gasteiger partial charge in [0, 0.05) is 0 Å². The van der Waals surface area contributed by atoms with Gasteiger partial charge in [-0.15, -0.1) is 0 Å². The smallest absolute Gasteiger partial charge is 0.306 e. The molecule has 0 spiro atoms. The van der Waals surface area contributed by atoms with E-state index in [2.05, 4.69) is 6.92 Å². The first-order valence-electron chi connectivity index (χ1n) is 3.81. The molecule has 2 nitrogen and oxygen atoms in total. The highest BCUT2D eigenvalue weighted by Gasteiger charge is 2.14. The molecule has 0 atom stereocenters. The summed E-state index contributed by atoms with van der Waals surface area (Å²) in [6, 6.07) is 0. The Bertz CT molecular complexity index is 114. The fourth-order valence-electron chi connectivity index (χ4n) is 1.37. The van der Waals surface area contributed by atoms with Gasteiger partial charge in [0.05, 0.1) is 6.92 Å². The van der Waals surface area contributed by atoms with E-state index < -0.39 is 0 Å². The van der Waals surface area contributed by atoms with Crippen LogP contribution in [-0.2, 0) is 9.53 Å². The number of esters is 1. The Balaban J connectivity index is 2.19. The normalized spacial score (nSPS) is 20.5. The molecule has 0 aromatic heterocycles. The van der Waals surface area contributed by atoms with Gasteiger partial charge in [-0.05, 0) is 25.7 Å². The van der Waals surface area contributed by atoms with E-state index in [1.807, 2.05) is 0 Å². The van der Waals surface area contributed by atoms with Crippen LogP contribution < -0.4 is 0 Å². The predicted molar refractivity (Wildman–Crippen MR) is 38.3 cm³/mol. The van der Waals surface area contributed by atoms with E-state index in [4.69, 9.17) is 4.74 Å². The number of hydrogen-bond donors (Lipinski definition) is 0. The zero-order valence-corrected chi connectivity index (χ0v) is 6.14. The third-order valence-electron chi connectivity index (χ3n) is 1.85. The van der Waals surface area contributed by atoms with E-state index in [-0.39, 0.29) is 12.1 Å². The molecule has 0 aliphatic heterocycles. The van der Waals surface area contributed by atoms with Crippen LogP contribution in [-0.4, -0.2) is 12.1 Å². The van der Waals surface area contributed by atoms with Crippen molar-refractivity contribution in [3.8, 4) is 0 Å². The Morgan fingerprint density at radius 3 is 2.40 bits per heavy atom. The van der Waals surface area contributed by atoms with Crippen molar-refractivity contribution in [1.82, 2.24) is 0 Å². The van der Waals surface area contributed by atoms with Crippen LogP contribution in [0.15, 0.2) is 0 Å². The molecule has 0 bridgehead atoms. The van der Waals surface area contributed by atoms with Gasteiger partial charge >= 0.3 is 5.97 Å². The Hall–Kier alpha value is -0.530. The summed E-state index contributed by atoms with van der Waals surface area (Å²) in [6.07, 6.45) is 5.89. The van der Waals surface area contributed by atoms with Gasteiger partial charge in [0.1, 0.15) is 6.10 Å². The summed E-state index contributed by atoms with van der Waals surface area (Å²) in [5.74, 6) is -0.382. The number of rotatable bonds is 1. The maximum absolute atomic E-state index is 10.4. The molecule has 0 unspecified atom stereocenters. The summed E-state index contributed by atoms with van der Waals surface area (Å²) in [6.45, 7) is 3.17. The van der Waals surface area contributed by atoms with Crippen molar-refractivity contribution in [2.24, 2.45) is 0 Å². The predicted octanol–water partition coefficient (Wildman–Crippen LogP) is 1.70. The maximum atomic E-state index is 10.4. The molecule has 57 valence electrons. The zero-order chi connectivity index (χ0) is 7.40. The Kier molecular flexibility index (Phi) is 2.72. The maximum Gasteiger partial charge on any atom is 0.306 e. The summed E-state index contributed by atoms with van der Waals surface area (Å²) < 4.78 is 4.94. The molecule has 1 aliphatic rings. The van der Waals surface area contributed by atoms with Crippen LogP contribution in [0.25, 0.3) is 0 Å². The van der Waals surface area contributed by atoms with Gasteiger partial charge in [0.2, 0.25) is 0 Å². The van der Waals surface area contributed by atoms with E-state index in [9.17, 15) is 4.79 Å². The molecular weight excluding hydrogens is 128 g/mol. The van der Waals surface area contributed by atoms with Gasteiger partial charge in [-0.2, -0.15) is 0 Å². The van der Waals surface area contributed by atoms with Crippen LogP contribution in [0.2, 0.25) is 0 Å². The lowest BCUT2D eigenvalue weighted by atomic mass is 9.98. The largest absolute Gasteiger partial charge is 0.462 e. The molecule has 1 aliphatic carbocycles. The minimum absolute atomic E-state index is 0.166. The molecular formula is C8H13O2. The van der Waals surface area contributed by atoms with Gasteiger partial charge < -0.3 is 4.74 Å². The zero-order valence-electron chi connectivity index (χ0n) is 6.14. The highest BCUT2D eigenvalue weighted by molar-refractivity contribution is 5.73. The fraction of sp³-hybridized carbons (Fsp3) is 0.750. The van der Waals surface area contributed by atoms with Crippen LogP contribution in [0.5, 0.6) is 0 Å². The first kappa shape index (κ1) is 7.58. The van der Waals surface area contributed by atoms with E-state index in [1.54, 1.807) is 0 Å². The second-order valence-electron chi connectivity index (χ2n) is 2.75. The summed E-state index contributed by atoms with van der Waals surface area (Å²) in [5.41, 5.74) is 0. The molecule has 10 heavy (non-hydrogen) atoms. The molecule has 1 rings (SSSR count). The number of ether oxygens (including phenoxy) is 1. The summed E-state index contributed by atoms with van der Waals surface area (Å²) in [4.78, 5) is 10.4. The molecule has 1 radical (unpaired) electrons. The first-order chi connectivity index (χ1) is 4.79. The minimum atomic E-state index is -0.382. The fourth-order valence-corrected chi connectivity index (χ4v) is 1.37. The SMILES string of the molecule is [CH2]C(=O)OC1CCCCC1. The van der Waals surface area contributed by atoms with E-state index >= 15 is 0 Å². The molecule has 0 aromatic rings. The molecule has 0 N–H and O–H groups in total. The minimum Gasteiger partial charge on any atom is -0.462 e. The van der Waals surface area contributed by atoms with Crippen molar-refractivity contribution in [1.29, 1.82) is 0 Å². The van der Waals surface area contributed by atoms with E-state index in [1.165, 1.54) is 19.3 Å². The van der Waals surface area contributed by atoms with Gasteiger partial charge in [0.15, 0.2) is 0 Å². The van der Waals surface area contributed by atoms with Crippen molar-refractivity contribution in [2.75, 3.05) is 0 Å². The van der Waals surface area contributed by atoms with Crippen molar-refractivity contribution >= 4 is 5.97 Å². The van der Waals surface area contributed by atoms with Gasteiger partial charge in [-0.25, -0.2) is 0 Å². The standard InChI is InChI=1S/C8H13O2/c1-7(9)10-8-5-3-2-4-6-8/h8H,1-6H2. The third-order valence-corrected chi connectivity index (χ3v) is 1.85. The van der Waals surface area contributed by atoms with E-state index in [0.717, 1.165) is 12.8 Å². The number of hydrogen-bond acceptors (Lipinski definition) is 2. The molecule has 0 heterocycles. The second-order valence-corrected chi connectivity index (χ2v) is 2.75. The van der Waals surface area contributed by atoms with Crippen molar-refractivity contribution in [2.45, 2.75) is 38.2 Å². The molecule has 1 saturated carbocycles. The summed E-state index contributed by atoms with van der Waals surface area (Å²) >= 11 is 0. The summed E-state index contributed by atoms with van der Waals surface area (Å²) in [7, 11) is 0. The highest BCUT2D eigenvalue weighted by Crippen LogP contribution is 2.19. The average molecular weight is 141 g/mol. The van der Waals surface area contributed by atoms with Crippen molar-refractivity contribution in [3.05, 3.63) is 6.92 Å². The first-order valence-corrected chi connectivity index (χ1v) is 3.81. The monoisotopic (exact) mass is 141 g/mol. The Labute approximate surface area is 61.6 Å². The Morgan fingerprint density at radius 1 is 1.30 bits per heavy atom. The number of carbonyl (C=O) groups is 1. The topological polar surface area (TPSA) is 26.3 Å². The Morgan fingerprint density at radius 2 is 1.90 bits per heavy atom. The lowest BCUT2D eigenvalue weighted by Crippen LogP contribution is -2.19. The van der Waals surface area contributed by atoms with Crippen molar-refractivity contribution < 1.29 is 9.53 Å². The number of carbonyl (C=O) groups excluding carboxylic acids is 1. The molecule has 2 heteroatoms.